The lowest BCUT2D eigenvalue weighted by Gasteiger charge is -2.09. The predicted molar refractivity (Wildman–Crippen MR) is 80.7 cm³/mol. The Balaban J connectivity index is 2.54. The van der Waals surface area contributed by atoms with Gasteiger partial charge in [0.15, 0.2) is 0 Å². The molecule has 7 nitrogen and oxygen atoms in total. The van der Waals surface area contributed by atoms with Crippen molar-refractivity contribution >= 4 is 21.6 Å². The van der Waals surface area contributed by atoms with Crippen LogP contribution in [0.5, 0.6) is 0 Å². The molecule has 0 saturated heterocycles. The molecule has 0 atom stereocenters. The standard InChI is InChI=1S/C13H12BrN3O4/c1-7-8(2)13(19)16(15-12(7)18)6-9-4-3-5-10(11(9)14)17(20)21/h3-5H,6H2,1-2H3,(H,15,18). The van der Waals surface area contributed by atoms with Crippen molar-refractivity contribution in [1.29, 1.82) is 0 Å². The van der Waals surface area contributed by atoms with Crippen LogP contribution in [0.15, 0.2) is 32.3 Å². The van der Waals surface area contributed by atoms with E-state index in [-0.39, 0.29) is 23.4 Å². The molecule has 2 aromatic rings. The summed E-state index contributed by atoms with van der Waals surface area (Å²) in [5.74, 6) is 0. The second-order valence-corrected chi connectivity index (χ2v) is 5.38. The lowest BCUT2D eigenvalue weighted by atomic mass is 10.2. The number of aromatic nitrogens is 2. The van der Waals surface area contributed by atoms with Gasteiger partial charge in [-0.2, -0.15) is 0 Å². The molecule has 0 amide bonds. The number of nitro benzene ring substituents is 1. The molecule has 21 heavy (non-hydrogen) atoms. The van der Waals surface area contributed by atoms with E-state index in [4.69, 9.17) is 0 Å². The van der Waals surface area contributed by atoms with Crippen LogP contribution in [0.1, 0.15) is 16.7 Å². The Labute approximate surface area is 127 Å². The molecule has 1 aromatic heterocycles. The van der Waals surface area contributed by atoms with Gasteiger partial charge in [-0.15, -0.1) is 0 Å². The highest BCUT2D eigenvalue weighted by Gasteiger charge is 2.16. The van der Waals surface area contributed by atoms with Crippen LogP contribution in [0.25, 0.3) is 0 Å². The van der Waals surface area contributed by atoms with Crippen molar-refractivity contribution in [2.24, 2.45) is 0 Å². The van der Waals surface area contributed by atoms with Crippen LogP contribution in [0.2, 0.25) is 0 Å². The molecule has 1 aromatic carbocycles. The maximum Gasteiger partial charge on any atom is 0.283 e. The van der Waals surface area contributed by atoms with E-state index in [2.05, 4.69) is 21.0 Å². The zero-order chi connectivity index (χ0) is 15.7. The Morgan fingerprint density at radius 2 is 1.95 bits per heavy atom. The first-order chi connectivity index (χ1) is 9.82. The average Bonchev–Trinajstić information content (AvgIpc) is 2.44. The van der Waals surface area contributed by atoms with E-state index >= 15 is 0 Å². The summed E-state index contributed by atoms with van der Waals surface area (Å²) < 4.78 is 1.44. The van der Waals surface area contributed by atoms with Crippen molar-refractivity contribution in [2.75, 3.05) is 0 Å². The minimum atomic E-state index is -0.514. The van der Waals surface area contributed by atoms with Gasteiger partial charge in [0.2, 0.25) is 0 Å². The first-order valence-corrected chi connectivity index (χ1v) is 6.84. The van der Waals surface area contributed by atoms with Crippen LogP contribution in [0.4, 0.5) is 5.69 Å². The molecule has 2 rings (SSSR count). The van der Waals surface area contributed by atoms with Crippen LogP contribution in [-0.4, -0.2) is 14.7 Å². The second-order valence-electron chi connectivity index (χ2n) is 4.59. The molecule has 0 saturated carbocycles. The van der Waals surface area contributed by atoms with Gasteiger partial charge in [0, 0.05) is 17.2 Å². The Morgan fingerprint density at radius 1 is 1.29 bits per heavy atom. The summed E-state index contributed by atoms with van der Waals surface area (Å²) in [6.07, 6.45) is 0. The molecule has 1 N–H and O–H groups in total. The topological polar surface area (TPSA) is 98.0 Å². The first kappa shape index (κ1) is 15.2. The summed E-state index contributed by atoms with van der Waals surface area (Å²) in [4.78, 5) is 34.2. The third-order valence-corrected chi connectivity index (χ3v) is 4.20. The SMILES string of the molecule is Cc1c(C)c(=O)n(Cc2cccc([N+](=O)[O-])c2Br)[nH]c1=O. The van der Waals surface area contributed by atoms with Crippen molar-refractivity contribution in [1.82, 2.24) is 9.78 Å². The van der Waals surface area contributed by atoms with Gasteiger partial charge in [-0.25, -0.2) is 4.68 Å². The van der Waals surface area contributed by atoms with Crippen molar-refractivity contribution in [3.8, 4) is 0 Å². The van der Waals surface area contributed by atoms with Crippen molar-refractivity contribution in [2.45, 2.75) is 20.4 Å². The van der Waals surface area contributed by atoms with Gasteiger partial charge in [0.1, 0.15) is 4.47 Å². The quantitative estimate of drug-likeness (QED) is 0.672. The number of halogens is 1. The van der Waals surface area contributed by atoms with Crippen LogP contribution in [0, 0.1) is 24.0 Å². The molecule has 1 heterocycles. The highest BCUT2D eigenvalue weighted by molar-refractivity contribution is 9.10. The van der Waals surface area contributed by atoms with Crippen LogP contribution in [-0.2, 0) is 6.54 Å². The van der Waals surface area contributed by atoms with Crippen molar-refractivity contribution in [3.05, 3.63) is 70.2 Å². The van der Waals surface area contributed by atoms with Gasteiger partial charge < -0.3 is 0 Å². The van der Waals surface area contributed by atoms with E-state index < -0.39 is 4.92 Å². The Hall–Kier alpha value is -2.22. The van der Waals surface area contributed by atoms with Crippen LogP contribution >= 0.6 is 15.9 Å². The fourth-order valence-corrected chi connectivity index (χ4v) is 2.44. The predicted octanol–water partition coefficient (Wildman–Crippen LogP) is 1.87. The second kappa shape index (κ2) is 5.65. The molecular weight excluding hydrogens is 342 g/mol. The molecule has 0 aliphatic rings. The number of H-pyrrole nitrogens is 1. The minimum absolute atomic E-state index is 0.0391. The third-order valence-electron chi connectivity index (χ3n) is 3.29. The number of benzene rings is 1. The normalized spacial score (nSPS) is 10.6. The van der Waals surface area contributed by atoms with Gasteiger partial charge in [-0.3, -0.25) is 24.8 Å². The molecule has 8 heteroatoms. The molecule has 0 bridgehead atoms. The van der Waals surface area contributed by atoms with Gasteiger partial charge in [0.05, 0.1) is 11.5 Å². The summed E-state index contributed by atoms with van der Waals surface area (Å²) in [5.41, 5.74) is 0.491. The van der Waals surface area contributed by atoms with E-state index in [1.54, 1.807) is 19.9 Å². The van der Waals surface area contributed by atoms with E-state index in [0.717, 1.165) is 4.68 Å². The molecule has 0 radical (unpaired) electrons. The zero-order valence-corrected chi connectivity index (χ0v) is 12.9. The fourth-order valence-electron chi connectivity index (χ4n) is 1.90. The Morgan fingerprint density at radius 3 is 2.57 bits per heavy atom. The van der Waals surface area contributed by atoms with Crippen molar-refractivity contribution in [3.63, 3.8) is 0 Å². The molecule has 0 spiro atoms. The number of aromatic amines is 1. The Kier molecular flexibility index (Phi) is 4.08. The van der Waals surface area contributed by atoms with E-state index in [9.17, 15) is 19.7 Å². The summed E-state index contributed by atoms with van der Waals surface area (Å²) in [6.45, 7) is 3.19. The lowest BCUT2D eigenvalue weighted by molar-refractivity contribution is -0.385. The molecule has 0 aliphatic heterocycles. The fraction of sp³-hybridized carbons (Fsp3) is 0.231. The molecular formula is C13H12BrN3O4. The molecule has 110 valence electrons. The Bertz CT molecular complexity index is 838. The molecule has 0 aliphatic carbocycles. The number of nitro groups is 1. The number of hydrogen-bond acceptors (Lipinski definition) is 4. The number of hydrogen-bond donors (Lipinski definition) is 1. The van der Waals surface area contributed by atoms with Gasteiger partial charge >= 0.3 is 0 Å². The molecule has 0 fully saturated rings. The van der Waals surface area contributed by atoms with Crippen LogP contribution < -0.4 is 11.1 Å². The first-order valence-electron chi connectivity index (χ1n) is 6.05. The summed E-state index contributed by atoms with van der Waals surface area (Å²) >= 11 is 3.17. The zero-order valence-electron chi connectivity index (χ0n) is 11.3. The maximum absolute atomic E-state index is 12.1. The van der Waals surface area contributed by atoms with Crippen molar-refractivity contribution < 1.29 is 4.92 Å². The van der Waals surface area contributed by atoms with Gasteiger partial charge in [-0.1, -0.05) is 12.1 Å². The lowest BCUT2D eigenvalue weighted by Crippen LogP contribution is -2.33. The highest BCUT2D eigenvalue weighted by atomic mass is 79.9. The van der Waals surface area contributed by atoms with Crippen LogP contribution in [0.3, 0.4) is 0 Å². The summed E-state index contributed by atoms with van der Waals surface area (Å²) in [6, 6.07) is 4.54. The minimum Gasteiger partial charge on any atom is -0.268 e. The number of nitrogens with one attached hydrogen (secondary N) is 1. The summed E-state index contributed by atoms with van der Waals surface area (Å²) in [7, 11) is 0. The average molecular weight is 354 g/mol. The van der Waals surface area contributed by atoms with Gasteiger partial charge in [-0.05, 0) is 35.3 Å². The van der Waals surface area contributed by atoms with E-state index in [0.29, 0.717) is 21.2 Å². The van der Waals surface area contributed by atoms with E-state index in [1.165, 1.54) is 12.1 Å². The monoisotopic (exact) mass is 353 g/mol. The van der Waals surface area contributed by atoms with Gasteiger partial charge in [0.25, 0.3) is 16.8 Å². The largest absolute Gasteiger partial charge is 0.283 e. The maximum atomic E-state index is 12.1. The highest BCUT2D eigenvalue weighted by Crippen LogP contribution is 2.28. The third kappa shape index (κ3) is 2.80. The number of rotatable bonds is 3. The summed E-state index contributed by atoms with van der Waals surface area (Å²) in [5, 5.41) is 13.4. The molecule has 0 unspecified atom stereocenters. The smallest absolute Gasteiger partial charge is 0.268 e. The van der Waals surface area contributed by atoms with E-state index in [1.807, 2.05) is 0 Å². The number of nitrogens with zero attached hydrogens (tertiary/aromatic N) is 2.